The summed E-state index contributed by atoms with van der Waals surface area (Å²) in [6, 6.07) is -0.896. The number of urea groups is 1. The van der Waals surface area contributed by atoms with Crippen molar-refractivity contribution >= 4 is 39.2 Å². The van der Waals surface area contributed by atoms with Gasteiger partial charge in [0.05, 0.1) is 9.70 Å². The van der Waals surface area contributed by atoms with Crippen LogP contribution in [0.5, 0.6) is 0 Å². The normalized spacial score (nSPS) is 24.1. The Hall–Kier alpha value is -1.17. The summed E-state index contributed by atoms with van der Waals surface area (Å²) in [6.45, 7) is 1.03. The van der Waals surface area contributed by atoms with Crippen LogP contribution >= 0.6 is 27.3 Å². The zero-order valence-corrected chi connectivity index (χ0v) is 19.4. The Morgan fingerprint density at radius 1 is 1.29 bits per heavy atom. The summed E-state index contributed by atoms with van der Waals surface area (Å²) in [5.74, 6) is -4.75. The van der Waals surface area contributed by atoms with Gasteiger partial charge in [0.25, 0.3) is 0 Å². The van der Waals surface area contributed by atoms with E-state index in [1.807, 2.05) is 17.4 Å². The Balaban J connectivity index is 1.71. The van der Waals surface area contributed by atoms with Gasteiger partial charge in [-0.2, -0.15) is 13.2 Å². The molecule has 2 fully saturated rings. The van der Waals surface area contributed by atoms with Crippen LogP contribution in [0.15, 0.2) is 15.9 Å². The Kier molecular flexibility index (Phi) is 7.39. The van der Waals surface area contributed by atoms with E-state index in [0.29, 0.717) is 37.0 Å². The van der Waals surface area contributed by atoms with E-state index in [1.54, 1.807) is 0 Å². The number of carbonyl (C=O) groups excluding carboxylic acids is 2. The largest absolute Gasteiger partial charge is 0.408 e. The van der Waals surface area contributed by atoms with Crippen LogP contribution in [0.3, 0.4) is 0 Å². The number of hydrogen-bond donors (Lipinski definition) is 3. The minimum atomic E-state index is -4.66. The summed E-state index contributed by atoms with van der Waals surface area (Å²) in [7, 11) is 0. The third-order valence-electron chi connectivity index (χ3n) is 6.08. The number of halogens is 4. The molecule has 31 heavy (non-hydrogen) atoms. The summed E-state index contributed by atoms with van der Waals surface area (Å²) in [6.07, 6.45) is -1.07. The topological polar surface area (TPSA) is 89.9 Å². The van der Waals surface area contributed by atoms with Gasteiger partial charge in [0.1, 0.15) is 12.1 Å². The first-order chi connectivity index (χ1) is 14.4. The number of nitrogens with zero attached hydrogens (tertiary/aromatic N) is 1. The molecule has 0 bridgehead atoms. The van der Waals surface area contributed by atoms with Crippen molar-refractivity contribution in [2.45, 2.75) is 75.9 Å². The zero-order chi connectivity index (χ0) is 23.0. The fraction of sp³-hybridized carbons (Fsp3) is 0.700. The van der Waals surface area contributed by atoms with E-state index in [-0.39, 0.29) is 6.42 Å². The molecule has 0 unspecified atom stereocenters. The lowest BCUT2D eigenvalue weighted by molar-refractivity contribution is -0.226. The Bertz CT molecular complexity index is 805. The molecule has 1 aliphatic carbocycles. The molecule has 3 N–H and O–H groups in total. The third kappa shape index (κ3) is 5.61. The van der Waals surface area contributed by atoms with Crippen molar-refractivity contribution in [1.29, 1.82) is 0 Å². The maximum absolute atomic E-state index is 13.6. The van der Waals surface area contributed by atoms with Crippen molar-refractivity contribution in [3.63, 3.8) is 0 Å². The molecular formula is C20H26BrF3N2O4S. The van der Waals surface area contributed by atoms with Crippen molar-refractivity contribution in [2.75, 3.05) is 0 Å². The van der Waals surface area contributed by atoms with Gasteiger partial charge in [0.15, 0.2) is 5.79 Å². The average molecular weight is 527 g/mol. The Morgan fingerprint density at radius 2 is 1.94 bits per heavy atom. The highest BCUT2D eigenvalue weighted by molar-refractivity contribution is 9.11. The lowest BCUT2D eigenvalue weighted by Gasteiger charge is -2.50. The maximum Gasteiger partial charge on any atom is 0.408 e. The number of thiophene rings is 1. The lowest BCUT2D eigenvalue weighted by atomic mass is 9.79. The van der Waals surface area contributed by atoms with E-state index >= 15 is 0 Å². The molecule has 0 aromatic carbocycles. The van der Waals surface area contributed by atoms with Crippen LogP contribution < -0.4 is 5.32 Å². The standard InChI is InChI=1S/C20H26BrF3N2O4S/c1-19(29,30)16-13(9-7-12-8-10-14(21)31-12)17(27)26(16)18(28)25-15(20(22,23)24)11-5-3-2-4-6-11/h8,10-11,13,15-16,29-30H,2-7,9H2,1H3,(H,25,28)/t13-,15+,16+/m1/s1. The number of nitrogens with one attached hydrogen (secondary N) is 1. The van der Waals surface area contributed by atoms with Crippen LogP contribution in [0.25, 0.3) is 0 Å². The molecular weight excluding hydrogens is 501 g/mol. The molecule has 1 aromatic heterocycles. The SMILES string of the molecule is CC(O)(O)[C@@H]1[C@@H](CCc2ccc(Br)s2)C(=O)N1C(=O)N[C@@H](C1CCCCC1)C(F)(F)F. The van der Waals surface area contributed by atoms with Gasteiger partial charge in [-0.1, -0.05) is 19.3 Å². The van der Waals surface area contributed by atoms with Gasteiger partial charge < -0.3 is 15.5 Å². The minimum Gasteiger partial charge on any atom is -0.364 e. The number of alkyl halides is 3. The summed E-state index contributed by atoms with van der Waals surface area (Å²) in [4.78, 5) is 26.8. The second-order valence-corrected chi connectivity index (χ2v) is 11.0. The fourth-order valence-electron chi connectivity index (χ4n) is 4.60. The number of imide groups is 1. The van der Waals surface area contributed by atoms with Crippen molar-refractivity contribution in [1.82, 2.24) is 10.2 Å². The van der Waals surface area contributed by atoms with Gasteiger partial charge in [0, 0.05) is 4.88 Å². The van der Waals surface area contributed by atoms with Crippen LogP contribution in [-0.2, 0) is 11.2 Å². The second kappa shape index (κ2) is 9.36. The number of hydrogen-bond acceptors (Lipinski definition) is 5. The van der Waals surface area contributed by atoms with E-state index in [2.05, 4.69) is 15.9 Å². The number of β-lactam (4-membered cyclic amide) rings is 1. The summed E-state index contributed by atoms with van der Waals surface area (Å²) in [5, 5.41) is 22.3. The first kappa shape index (κ1) is 24.5. The molecule has 3 rings (SSSR count). The molecule has 1 aromatic rings. The van der Waals surface area contributed by atoms with Gasteiger partial charge in [-0.25, -0.2) is 4.79 Å². The van der Waals surface area contributed by atoms with Crippen molar-refractivity contribution in [2.24, 2.45) is 11.8 Å². The Labute approximate surface area is 190 Å². The first-order valence-electron chi connectivity index (χ1n) is 10.3. The van der Waals surface area contributed by atoms with E-state index < -0.39 is 47.8 Å². The highest BCUT2D eigenvalue weighted by atomic mass is 79.9. The van der Waals surface area contributed by atoms with Crippen molar-refractivity contribution in [3.8, 4) is 0 Å². The van der Waals surface area contributed by atoms with Gasteiger partial charge in [-0.15, -0.1) is 11.3 Å². The highest BCUT2D eigenvalue weighted by Crippen LogP contribution is 2.39. The van der Waals surface area contributed by atoms with E-state index in [0.717, 1.165) is 22.0 Å². The second-order valence-electron chi connectivity index (χ2n) is 8.47. The predicted molar refractivity (Wildman–Crippen MR) is 112 cm³/mol. The van der Waals surface area contributed by atoms with Gasteiger partial charge in [0.2, 0.25) is 5.91 Å². The molecule has 3 atom stereocenters. The number of likely N-dealkylation sites (tertiary alicyclic amines) is 1. The number of carbonyl (C=O) groups is 2. The molecule has 174 valence electrons. The molecule has 11 heteroatoms. The number of rotatable bonds is 6. The molecule has 0 spiro atoms. The molecule has 1 saturated carbocycles. The van der Waals surface area contributed by atoms with Crippen LogP contribution in [0.1, 0.15) is 50.3 Å². The van der Waals surface area contributed by atoms with Crippen LogP contribution in [0, 0.1) is 11.8 Å². The lowest BCUT2D eigenvalue weighted by Crippen LogP contribution is -2.73. The number of aryl methyl sites for hydroxylation is 1. The summed E-state index contributed by atoms with van der Waals surface area (Å²) >= 11 is 4.82. The van der Waals surface area contributed by atoms with Gasteiger partial charge in [-0.3, -0.25) is 9.69 Å². The van der Waals surface area contributed by atoms with Crippen molar-refractivity contribution in [3.05, 3.63) is 20.8 Å². The fourth-order valence-corrected chi connectivity index (χ4v) is 6.10. The van der Waals surface area contributed by atoms with Crippen LogP contribution in [0.2, 0.25) is 0 Å². The summed E-state index contributed by atoms with van der Waals surface area (Å²) < 4.78 is 41.9. The Morgan fingerprint density at radius 3 is 2.45 bits per heavy atom. The average Bonchev–Trinajstić information content (AvgIpc) is 3.08. The monoisotopic (exact) mass is 526 g/mol. The van der Waals surface area contributed by atoms with E-state index in [9.17, 15) is 33.0 Å². The minimum absolute atomic E-state index is 0.252. The molecule has 2 heterocycles. The third-order valence-corrected chi connectivity index (χ3v) is 7.76. The molecule has 0 radical (unpaired) electrons. The van der Waals surface area contributed by atoms with E-state index in [1.165, 1.54) is 11.3 Å². The number of aliphatic hydroxyl groups is 2. The quantitative estimate of drug-likeness (QED) is 0.383. The van der Waals surface area contributed by atoms with Gasteiger partial charge in [-0.05, 0) is 66.6 Å². The molecule has 1 aliphatic heterocycles. The maximum atomic E-state index is 13.6. The van der Waals surface area contributed by atoms with Gasteiger partial charge >= 0.3 is 12.2 Å². The highest BCUT2D eigenvalue weighted by Gasteiger charge is 2.58. The first-order valence-corrected chi connectivity index (χ1v) is 11.9. The van der Waals surface area contributed by atoms with Crippen LogP contribution in [0.4, 0.5) is 18.0 Å². The molecule has 1 saturated heterocycles. The predicted octanol–water partition coefficient (Wildman–Crippen LogP) is 4.19. The molecule has 6 nitrogen and oxygen atoms in total. The molecule has 2 aliphatic rings. The smallest absolute Gasteiger partial charge is 0.364 e. The zero-order valence-electron chi connectivity index (χ0n) is 17.0. The number of amides is 3. The van der Waals surface area contributed by atoms with E-state index in [4.69, 9.17) is 0 Å². The van der Waals surface area contributed by atoms with Crippen LogP contribution in [-0.4, -0.2) is 51.1 Å². The van der Waals surface area contributed by atoms with Crippen molar-refractivity contribution < 1.29 is 33.0 Å². The molecule has 3 amide bonds. The summed E-state index contributed by atoms with van der Waals surface area (Å²) in [5.41, 5.74) is 0.